The van der Waals surface area contributed by atoms with Crippen LogP contribution < -0.4 is 10.6 Å². The lowest BCUT2D eigenvalue weighted by molar-refractivity contribution is -0.124. The van der Waals surface area contributed by atoms with Crippen molar-refractivity contribution in [2.24, 2.45) is 11.3 Å². The van der Waals surface area contributed by atoms with Crippen LogP contribution in [-0.2, 0) is 16.1 Å². The fourth-order valence-electron chi connectivity index (χ4n) is 4.45. The number of carbonyl (C=O) groups is 2. The number of likely N-dealkylation sites (tertiary alicyclic amines) is 1. The lowest BCUT2D eigenvalue weighted by atomic mass is 9.71. The molecule has 0 bridgehead atoms. The third-order valence-corrected chi connectivity index (χ3v) is 6.12. The third kappa shape index (κ3) is 4.46. The minimum atomic E-state index is -0.401. The molecule has 2 aliphatic heterocycles. The molecule has 2 N–H and O–H groups in total. The van der Waals surface area contributed by atoms with E-state index in [1.165, 1.54) is 12.1 Å². The lowest BCUT2D eigenvalue weighted by Gasteiger charge is -2.37. The van der Waals surface area contributed by atoms with E-state index >= 15 is 0 Å². The molecular formula is C23H26FN3O3. The molecule has 0 aliphatic carbocycles. The number of nitrogens with one attached hydrogen (secondary N) is 2. The molecule has 2 saturated heterocycles. The molecule has 0 saturated carbocycles. The second kappa shape index (κ2) is 8.83. The zero-order valence-corrected chi connectivity index (χ0v) is 16.8. The van der Waals surface area contributed by atoms with E-state index in [0.717, 1.165) is 18.4 Å². The van der Waals surface area contributed by atoms with Gasteiger partial charge in [-0.3, -0.25) is 4.79 Å². The average Bonchev–Trinajstić information content (AvgIpc) is 3.12. The van der Waals surface area contributed by atoms with Gasteiger partial charge in [-0.2, -0.15) is 0 Å². The molecule has 3 amide bonds. The van der Waals surface area contributed by atoms with Gasteiger partial charge < -0.3 is 20.3 Å². The van der Waals surface area contributed by atoms with Gasteiger partial charge in [-0.1, -0.05) is 36.4 Å². The first-order valence-electron chi connectivity index (χ1n) is 10.3. The van der Waals surface area contributed by atoms with Gasteiger partial charge in [0, 0.05) is 44.0 Å². The van der Waals surface area contributed by atoms with E-state index in [4.69, 9.17) is 4.74 Å². The Morgan fingerprint density at radius 3 is 2.60 bits per heavy atom. The summed E-state index contributed by atoms with van der Waals surface area (Å²) in [6.07, 6.45) is 1.44. The largest absolute Gasteiger partial charge is 0.381 e. The summed E-state index contributed by atoms with van der Waals surface area (Å²) in [7, 11) is 0. The minimum absolute atomic E-state index is 0.175. The number of urea groups is 1. The molecule has 7 heteroatoms. The number of anilines is 1. The number of amides is 3. The summed E-state index contributed by atoms with van der Waals surface area (Å²) in [4.78, 5) is 27.7. The van der Waals surface area contributed by atoms with E-state index < -0.39 is 5.82 Å². The number of ether oxygens (including phenoxy) is 1. The van der Waals surface area contributed by atoms with Crippen LogP contribution in [0.25, 0.3) is 0 Å². The van der Waals surface area contributed by atoms with E-state index in [9.17, 15) is 14.0 Å². The summed E-state index contributed by atoms with van der Waals surface area (Å²) >= 11 is 0. The topological polar surface area (TPSA) is 70.7 Å². The summed E-state index contributed by atoms with van der Waals surface area (Å²) in [6.45, 7) is 2.43. The maximum Gasteiger partial charge on any atom is 0.317 e. The standard InChI is InChI=1S/C23H26FN3O3/c24-18-7-4-8-19(13-18)26-21(28)20-15-27(16-23(20)9-11-30-12-10-23)22(29)25-14-17-5-2-1-3-6-17/h1-8,13,20H,9-12,14-16H2,(H,25,29)(H,26,28)/t20-/m0/s1. The SMILES string of the molecule is O=C(Nc1cccc(F)c1)[C@@H]1CN(C(=O)NCc2ccccc2)CC12CCOCC2. The number of hydrogen-bond donors (Lipinski definition) is 2. The quantitative estimate of drug-likeness (QED) is 0.810. The zero-order valence-electron chi connectivity index (χ0n) is 16.8. The monoisotopic (exact) mass is 411 g/mol. The number of nitrogens with zero attached hydrogens (tertiary/aromatic N) is 1. The van der Waals surface area contributed by atoms with Crippen LogP contribution in [0.15, 0.2) is 54.6 Å². The van der Waals surface area contributed by atoms with Crippen molar-refractivity contribution in [3.05, 3.63) is 66.0 Å². The fourth-order valence-corrected chi connectivity index (χ4v) is 4.45. The number of rotatable bonds is 4. The van der Waals surface area contributed by atoms with Gasteiger partial charge >= 0.3 is 6.03 Å². The van der Waals surface area contributed by atoms with Crippen LogP contribution in [0.2, 0.25) is 0 Å². The predicted molar refractivity (Wildman–Crippen MR) is 111 cm³/mol. The van der Waals surface area contributed by atoms with Crippen LogP contribution in [0.5, 0.6) is 0 Å². The van der Waals surface area contributed by atoms with Crippen molar-refractivity contribution in [1.29, 1.82) is 0 Å². The Bertz CT molecular complexity index is 900. The highest BCUT2D eigenvalue weighted by Gasteiger charge is 2.51. The van der Waals surface area contributed by atoms with E-state index in [2.05, 4.69) is 10.6 Å². The van der Waals surface area contributed by atoms with Gasteiger partial charge in [0.25, 0.3) is 0 Å². The number of hydrogen-bond acceptors (Lipinski definition) is 3. The molecule has 0 unspecified atom stereocenters. The third-order valence-electron chi connectivity index (χ3n) is 6.12. The van der Waals surface area contributed by atoms with Crippen LogP contribution in [0.1, 0.15) is 18.4 Å². The van der Waals surface area contributed by atoms with Gasteiger partial charge in [-0.15, -0.1) is 0 Å². The smallest absolute Gasteiger partial charge is 0.317 e. The van der Waals surface area contributed by atoms with Crippen LogP contribution >= 0.6 is 0 Å². The molecule has 2 aromatic rings. The van der Waals surface area contributed by atoms with Crippen molar-refractivity contribution >= 4 is 17.6 Å². The normalized spacial score (nSPS) is 20.2. The van der Waals surface area contributed by atoms with Crippen molar-refractivity contribution < 1.29 is 18.7 Å². The van der Waals surface area contributed by atoms with Crippen LogP contribution in [0, 0.1) is 17.2 Å². The van der Waals surface area contributed by atoms with Crippen molar-refractivity contribution in [2.75, 3.05) is 31.6 Å². The Morgan fingerprint density at radius 2 is 1.87 bits per heavy atom. The first-order chi connectivity index (χ1) is 14.6. The minimum Gasteiger partial charge on any atom is -0.381 e. The van der Waals surface area contributed by atoms with Crippen molar-refractivity contribution in [3.63, 3.8) is 0 Å². The van der Waals surface area contributed by atoms with E-state index in [1.807, 2.05) is 30.3 Å². The van der Waals surface area contributed by atoms with Gasteiger partial charge in [-0.25, -0.2) is 9.18 Å². The highest BCUT2D eigenvalue weighted by molar-refractivity contribution is 5.94. The first-order valence-corrected chi connectivity index (χ1v) is 10.3. The second-order valence-corrected chi connectivity index (χ2v) is 8.05. The average molecular weight is 411 g/mol. The van der Waals surface area contributed by atoms with E-state index in [-0.39, 0.29) is 23.3 Å². The van der Waals surface area contributed by atoms with E-state index in [1.54, 1.807) is 17.0 Å². The Hall–Kier alpha value is -2.93. The molecule has 2 heterocycles. The molecule has 2 aromatic carbocycles. The maximum absolute atomic E-state index is 13.5. The van der Waals surface area contributed by atoms with Gasteiger partial charge in [0.1, 0.15) is 5.82 Å². The Morgan fingerprint density at radius 1 is 1.10 bits per heavy atom. The van der Waals surface area contributed by atoms with Gasteiger partial charge in [0.05, 0.1) is 5.92 Å². The summed E-state index contributed by atoms with van der Waals surface area (Å²) in [5.41, 5.74) is 1.13. The maximum atomic E-state index is 13.5. The molecule has 1 atom stereocenters. The molecule has 4 rings (SSSR count). The lowest BCUT2D eigenvalue weighted by Crippen LogP contribution is -2.42. The highest BCUT2D eigenvalue weighted by atomic mass is 19.1. The molecule has 6 nitrogen and oxygen atoms in total. The van der Waals surface area contributed by atoms with E-state index in [0.29, 0.717) is 38.5 Å². The molecular weight excluding hydrogens is 385 g/mol. The predicted octanol–water partition coefficient (Wildman–Crippen LogP) is 3.40. The summed E-state index contributed by atoms with van der Waals surface area (Å²) in [5.74, 6) is -0.949. The second-order valence-electron chi connectivity index (χ2n) is 8.05. The van der Waals surface area contributed by atoms with Crippen molar-refractivity contribution in [3.8, 4) is 0 Å². The fraction of sp³-hybridized carbons (Fsp3) is 0.391. The van der Waals surface area contributed by atoms with Crippen LogP contribution in [0.4, 0.5) is 14.9 Å². The molecule has 1 spiro atoms. The van der Waals surface area contributed by atoms with Crippen molar-refractivity contribution in [1.82, 2.24) is 10.2 Å². The summed E-state index contributed by atoms with van der Waals surface area (Å²) < 4.78 is 19.0. The molecule has 0 aromatic heterocycles. The Balaban J connectivity index is 1.46. The molecule has 0 radical (unpaired) electrons. The van der Waals surface area contributed by atoms with Gasteiger partial charge in [-0.05, 0) is 36.6 Å². The number of benzene rings is 2. The first kappa shape index (κ1) is 20.3. The van der Waals surface area contributed by atoms with Crippen molar-refractivity contribution in [2.45, 2.75) is 19.4 Å². The Kier molecular flexibility index (Phi) is 5.99. The van der Waals surface area contributed by atoms with Gasteiger partial charge in [0.15, 0.2) is 0 Å². The molecule has 2 fully saturated rings. The summed E-state index contributed by atoms with van der Waals surface area (Å²) in [6, 6.07) is 15.4. The Labute approximate surface area is 175 Å². The highest BCUT2D eigenvalue weighted by Crippen LogP contribution is 2.44. The zero-order chi connectivity index (χ0) is 21.0. The number of carbonyl (C=O) groups excluding carboxylic acids is 2. The van der Waals surface area contributed by atoms with Crippen LogP contribution in [0.3, 0.4) is 0 Å². The summed E-state index contributed by atoms with van der Waals surface area (Å²) in [5, 5.41) is 5.79. The molecule has 30 heavy (non-hydrogen) atoms. The molecule has 2 aliphatic rings. The number of halogens is 1. The molecule has 158 valence electrons. The van der Waals surface area contributed by atoms with Crippen LogP contribution in [-0.4, -0.2) is 43.1 Å². The van der Waals surface area contributed by atoms with Gasteiger partial charge in [0.2, 0.25) is 5.91 Å².